The van der Waals surface area contributed by atoms with Crippen molar-refractivity contribution in [2.45, 2.75) is 6.92 Å². The molecule has 0 amide bonds. The lowest BCUT2D eigenvalue weighted by Crippen LogP contribution is -1.94. The van der Waals surface area contributed by atoms with Gasteiger partial charge in [0.15, 0.2) is 0 Å². The first-order valence-electron chi connectivity index (χ1n) is 4.75. The maximum atomic E-state index is 13.2. The molecule has 0 bridgehead atoms. The molecule has 2 N–H and O–H groups in total. The van der Waals surface area contributed by atoms with E-state index in [4.69, 9.17) is 17.3 Å². The first-order valence-corrected chi connectivity index (χ1v) is 5.13. The number of anilines is 1. The molecule has 4 heteroatoms. The first kappa shape index (κ1) is 10.9. The normalized spacial score (nSPS) is 10.4. The maximum absolute atomic E-state index is 13.2. The van der Waals surface area contributed by atoms with Crippen molar-refractivity contribution in [3.05, 3.63) is 47.0 Å². The Hall–Kier alpha value is -1.61. The smallest absolute Gasteiger partial charge is 0.146 e. The number of rotatable bonds is 1. The SMILES string of the molecule is Cc1cc(F)c(N)cc1-c1ccnc(Cl)c1. The van der Waals surface area contributed by atoms with Crippen molar-refractivity contribution in [2.24, 2.45) is 0 Å². The average molecular weight is 237 g/mol. The van der Waals surface area contributed by atoms with Crippen LogP contribution in [0.4, 0.5) is 10.1 Å². The molecular weight excluding hydrogens is 227 g/mol. The molecule has 82 valence electrons. The van der Waals surface area contributed by atoms with Gasteiger partial charge in [-0.15, -0.1) is 0 Å². The lowest BCUT2D eigenvalue weighted by molar-refractivity contribution is 0.631. The molecular formula is C12H10ClFN2. The molecule has 0 unspecified atom stereocenters. The van der Waals surface area contributed by atoms with Crippen molar-refractivity contribution in [3.8, 4) is 11.1 Å². The van der Waals surface area contributed by atoms with Crippen LogP contribution in [0.25, 0.3) is 11.1 Å². The molecule has 2 nitrogen and oxygen atoms in total. The predicted molar refractivity (Wildman–Crippen MR) is 63.8 cm³/mol. The summed E-state index contributed by atoms with van der Waals surface area (Å²) in [5.74, 6) is -0.401. The summed E-state index contributed by atoms with van der Waals surface area (Å²) in [4.78, 5) is 3.90. The van der Waals surface area contributed by atoms with Gasteiger partial charge in [0.05, 0.1) is 5.69 Å². The molecule has 2 aromatic rings. The standard InChI is InChI=1S/C12H10ClFN2/c1-7-4-10(14)11(15)6-9(7)8-2-3-16-12(13)5-8/h2-6H,15H2,1H3. The zero-order valence-electron chi connectivity index (χ0n) is 8.67. The fraction of sp³-hybridized carbons (Fsp3) is 0.0833. The van der Waals surface area contributed by atoms with Crippen LogP contribution < -0.4 is 5.73 Å². The monoisotopic (exact) mass is 236 g/mol. The molecule has 1 aromatic carbocycles. The molecule has 0 aliphatic heterocycles. The molecule has 16 heavy (non-hydrogen) atoms. The van der Waals surface area contributed by atoms with Gasteiger partial charge in [0.2, 0.25) is 0 Å². The first-order chi connectivity index (χ1) is 7.58. The summed E-state index contributed by atoms with van der Waals surface area (Å²) in [5.41, 5.74) is 8.23. The Bertz CT molecular complexity index is 541. The molecule has 0 fully saturated rings. The maximum Gasteiger partial charge on any atom is 0.146 e. The number of hydrogen-bond donors (Lipinski definition) is 1. The Kier molecular flexibility index (Phi) is 2.79. The molecule has 0 aliphatic carbocycles. The van der Waals surface area contributed by atoms with Crippen LogP contribution in [0.3, 0.4) is 0 Å². The van der Waals surface area contributed by atoms with E-state index in [0.29, 0.717) is 5.15 Å². The van der Waals surface area contributed by atoms with Gasteiger partial charge in [0, 0.05) is 6.20 Å². The quantitative estimate of drug-likeness (QED) is 0.609. The number of nitrogen functional groups attached to an aromatic ring is 1. The zero-order chi connectivity index (χ0) is 11.7. The largest absolute Gasteiger partial charge is 0.396 e. The Morgan fingerprint density at radius 3 is 2.75 bits per heavy atom. The number of nitrogens with two attached hydrogens (primary N) is 1. The Morgan fingerprint density at radius 1 is 1.31 bits per heavy atom. The van der Waals surface area contributed by atoms with Crippen LogP contribution in [0, 0.1) is 12.7 Å². The molecule has 0 aliphatic rings. The predicted octanol–water partition coefficient (Wildman–Crippen LogP) is 3.43. The van der Waals surface area contributed by atoms with Crippen molar-refractivity contribution >= 4 is 17.3 Å². The van der Waals surface area contributed by atoms with Gasteiger partial charge in [-0.3, -0.25) is 0 Å². The highest BCUT2D eigenvalue weighted by atomic mass is 35.5. The number of nitrogens with zero attached hydrogens (tertiary/aromatic N) is 1. The minimum absolute atomic E-state index is 0.133. The summed E-state index contributed by atoms with van der Waals surface area (Å²) >= 11 is 5.80. The van der Waals surface area contributed by atoms with E-state index in [0.717, 1.165) is 16.7 Å². The van der Waals surface area contributed by atoms with Crippen molar-refractivity contribution in [1.29, 1.82) is 0 Å². The highest BCUT2D eigenvalue weighted by Gasteiger charge is 2.07. The molecule has 0 spiro atoms. The third kappa shape index (κ3) is 1.99. The highest BCUT2D eigenvalue weighted by molar-refractivity contribution is 6.29. The van der Waals surface area contributed by atoms with Crippen LogP contribution in [0.1, 0.15) is 5.56 Å². The van der Waals surface area contributed by atoms with Crippen molar-refractivity contribution in [3.63, 3.8) is 0 Å². The Balaban J connectivity index is 2.60. The van der Waals surface area contributed by atoms with E-state index in [1.807, 2.05) is 13.0 Å². The highest BCUT2D eigenvalue weighted by Crippen LogP contribution is 2.28. The zero-order valence-corrected chi connectivity index (χ0v) is 9.42. The Morgan fingerprint density at radius 2 is 2.06 bits per heavy atom. The number of halogens is 2. The van der Waals surface area contributed by atoms with Gasteiger partial charge in [-0.25, -0.2) is 9.37 Å². The number of hydrogen-bond acceptors (Lipinski definition) is 2. The van der Waals surface area contributed by atoms with E-state index < -0.39 is 5.82 Å². The second-order valence-corrected chi connectivity index (χ2v) is 3.94. The van der Waals surface area contributed by atoms with E-state index in [1.54, 1.807) is 18.3 Å². The summed E-state index contributed by atoms with van der Waals surface area (Å²) in [7, 11) is 0. The van der Waals surface area contributed by atoms with Gasteiger partial charge in [0.1, 0.15) is 11.0 Å². The van der Waals surface area contributed by atoms with Crippen LogP contribution in [-0.2, 0) is 0 Å². The number of aryl methyl sites for hydroxylation is 1. The van der Waals surface area contributed by atoms with Crippen LogP contribution >= 0.6 is 11.6 Å². The lowest BCUT2D eigenvalue weighted by atomic mass is 10.0. The second-order valence-electron chi connectivity index (χ2n) is 3.56. The summed E-state index contributed by atoms with van der Waals surface area (Å²) in [6, 6.07) is 6.56. The second kappa shape index (κ2) is 4.10. The molecule has 0 saturated heterocycles. The Labute approximate surface area is 97.9 Å². The van der Waals surface area contributed by atoms with E-state index in [-0.39, 0.29) is 5.69 Å². The number of benzene rings is 1. The van der Waals surface area contributed by atoms with Crippen molar-refractivity contribution in [2.75, 3.05) is 5.73 Å². The average Bonchev–Trinajstić information content (AvgIpc) is 2.23. The minimum Gasteiger partial charge on any atom is -0.396 e. The van der Waals surface area contributed by atoms with Gasteiger partial charge < -0.3 is 5.73 Å². The minimum atomic E-state index is -0.401. The molecule has 0 radical (unpaired) electrons. The van der Waals surface area contributed by atoms with E-state index in [2.05, 4.69) is 4.98 Å². The molecule has 0 atom stereocenters. The van der Waals surface area contributed by atoms with Crippen LogP contribution in [-0.4, -0.2) is 4.98 Å². The van der Waals surface area contributed by atoms with E-state index >= 15 is 0 Å². The summed E-state index contributed by atoms with van der Waals surface area (Å²) in [5, 5.41) is 0.403. The van der Waals surface area contributed by atoms with Gasteiger partial charge >= 0.3 is 0 Å². The van der Waals surface area contributed by atoms with Crippen LogP contribution in [0.2, 0.25) is 5.15 Å². The fourth-order valence-electron chi connectivity index (χ4n) is 1.57. The van der Waals surface area contributed by atoms with Gasteiger partial charge in [-0.1, -0.05) is 11.6 Å². The summed E-state index contributed by atoms with van der Waals surface area (Å²) in [6.07, 6.45) is 1.61. The number of aromatic nitrogens is 1. The van der Waals surface area contributed by atoms with E-state index in [1.165, 1.54) is 6.07 Å². The van der Waals surface area contributed by atoms with Gasteiger partial charge in [0.25, 0.3) is 0 Å². The molecule has 2 rings (SSSR count). The third-order valence-electron chi connectivity index (χ3n) is 2.38. The van der Waals surface area contributed by atoms with Crippen LogP contribution in [0.5, 0.6) is 0 Å². The van der Waals surface area contributed by atoms with Gasteiger partial charge in [-0.2, -0.15) is 0 Å². The molecule has 0 saturated carbocycles. The molecule has 1 aromatic heterocycles. The fourth-order valence-corrected chi connectivity index (χ4v) is 1.74. The van der Waals surface area contributed by atoms with E-state index in [9.17, 15) is 4.39 Å². The third-order valence-corrected chi connectivity index (χ3v) is 2.59. The summed E-state index contributed by atoms with van der Waals surface area (Å²) in [6.45, 7) is 1.83. The van der Waals surface area contributed by atoms with Crippen molar-refractivity contribution in [1.82, 2.24) is 4.98 Å². The van der Waals surface area contributed by atoms with Gasteiger partial charge in [-0.05, 0) is 47.9 Å². The summed E-state index contributed by atoms with van der Waals surface area (Å²) < 4.78 is 13.2. The van der Waals surface area contributed by atoms with Crippen molar-refractivity contribution < 1.29 is 4.39 Å². The van der Waals surface area contributed by atoms with Crippen LogP contribution in [0.15, 0.2) is 30.5 Å². The molecule has 1 heterocycles. The topological polar surface area (TPSA) is 38.9 Å². The number of pyridine rings is 1. The lowest BCUT2D eigenvalue weighted by Gasteiger charge is -2.08.